The first-order chi connectivity index (χ1) is 38.8. The standard InChI is InChI=1S/C78H66N2/c1-49(2)51-25-33-57(34-26-51)79(61-41-43-68-67-19-13-14-20-73(67)77(5,6)74(68)45-61)59-37-29-55(30-38-59)53-21-23-54(24-22-53)56-31-39-60(40-32-56)80(58-35-27-52(28-36-58)50(3)4)62-42-44-69-72-47-70-65-17-11-9-15-63(65)64-16-10-12-18-66(64)71(70)48-76(72)78(7,8)75(69)46-62/h9-50H,1-8H3. The molecule has 0 saturated carbocycles. The van der Waals surface area contributed by atoms with Crippen molar-refractivity contribution in [1.29, 1.82) is 0 Å². The SMILES string of the molecule is CC(C)c1ccc(N(c2ccc(-c3ccc(-c4ccc(N(c5ccc(C(C)C)cc5)c5ccc6c(c5)C(C)(C)c5cc7c8ccccc8c8ccccc8c7cc5-6)cc4)cc3)cc2)c2ccc3c(c2)C(C)(C)c2ccccc2-3)cc1. The molecule has 0 atom stereocenters. The Labute approximate surface area is 472 Å². The van der Waals surface area contributed by atoms with Crippen LogP contribution in [0.25, 0.3) is 76.8 Å². The lowest BCUT2D eigenvalue weighted by atomic mass is 9.81. The number of benzene rings is 12. The van der Waals surface area contributed by atoms with Crippen molar-refractivity contribution in [2.75, 3.05) is 9.80 Å². The molecule has 2 nitrogen and oxygen atoms in total. The normalized spacial score (nSPS) is 13.7. The van der Waals surface area contributed by atoms with Crippen molar-refractivity contribution in [1.82, 2.24) is 0 Å². The first-order valence-electron chi connectivity index (χ1n) is 28.7. The molecule has 0 aromatic heterocycles. The zero-order valence-electron chi connectivity index (χ0n) is 47.1. The Morgan fingerprint density at radius 1 is 0.250 bits per heavy atom. The molecule has 0 radical (unpaired) electrons. The third kappa shape index (κ3) is 7.98. The third-order valence-corrected chi connectivity index (χ3v) is 18.0. The van der Waals surface area contributed by atoms with Crippen LogP contribution in [0.4, 0.5) is 34.1 Å². The zero-order chi connectivity index (χ0) is 54.6. The molecule has 0 bridgehead atoms. The molecule has 0 heterocycles. The Kier molecular flexibility index (Phi) is 11.6. The van der Waals surface area contributed by atoms with Crippen molar-refractivity contribution in [3.05, 3.63) is 276 Å². The molecule has 0 N–H and O–H groups in total. The predicted molar refractivity (Wildman–Crippen MR) is 343 cm³/mol. The second-order valence-electron chi connectivity index (χ2n) is 24.1. The maximum atomic E-state index is 2.50. The van der Waals surface area contributed by atoms with Crippen LogP contribution in [0.2, 0.25) is 0 Å². The van der Waals surface area contributed by atoms with E-state index in [0.29, 0.717) is 11.8 Å². The molecule has 0 unspecified atom stereocenters. The molecule has 14 rings (SSSR count). The highest BCUT2D eigenvalue weighted by Crippen LogP contribution is 2.54. The summed E-state index contributed by atoms with van der Waals surface area (Å²) < 4.78 is 0. The zero-order valence-corrected chi connectivity index (χ0v) is 47.1. The Hall–Kier alpha value is -8.98. The smallest absolute Gasteiger partial charge is 0.0465 e. The fourth-order valence-electron chi connectivity index (χ4n) is 13.5. The van der Waals surface area contributed by atoms with Gasteiger partial charge in [0.15, 0.2) is 0 Å². The maximum Gasteiger partial charge on any atom is 0.0465 e. The van der Waals surface area contributed by atoms with Crippen molar-refractivity contribution >= 4 is 66.4 Å². The molecule has 0 saturated heterocycles. The highest BCUT2D eigenvalue weighted by atomic mass is 15.1. The van der Waals surface area contributed by atoms with Gasteiger partial charge < -0.3 is 9.80 Å². The van der Waals surface area contributed by atoms with E-state index in [0.717, 1.165) is 34.1 Å². The molecule has 0 aliphatic heterocycles. The van der Waals surface area contributed by atoms with Gasteiger partial charge in [0.1, 0.15) is 0 Å². The minimum absolute atomic E-state index is 0.0906. The number of rotatable bonds is 10. The average Bonchev–Trinajstić information content (AvgIpc) is 4.09. The summed E-state index contributed by atoms with van der Waals surface area (Å²) in [6.07, 6.45) is 0. The van der Waals surface area contributed by atoms with Crippen LogP contribution in [-0.2, 0) is 10.8 Å². The van der Waals surface area contributed by atoms with E-state index in [9.17, 15) is 0 Å². The summed E-state index contributed by atoms with van der Waals surface area (Å²) in [5.74, 6) is 0.911. The largest absolute Gasteiger partial charge is 0.310 e. The Bertz CT molecular complexity index is 4370. The Morgan fingerprint density at radius 3 is 0.975 bits per heavy atom. The van der Waals surface area contributed by atoms with Crippen molar-refractivity contribution in [3.63, 3.8) is 0 Å². The first kappa shape index (κ1) is 49.3. The summed E-state index contributed by atoms with van der Waals surface area (Å²) in [7, 11) is 0. The van der Waals surface area contributed by atoms with Crippen molar-refractivity contribution in [2.45, 2.75) is 78.1 Å². The van der Waals surface area contributed by atoms with Gasteiger partial charge in [0.25, 0.3) is 0 Å². The topological polar surface area (TPSA) is 6.48 Å². The summed E-state index contributed by atoms with van der Waals surface area (Å²) >= 11 is 0. The van der Waals surface area contributed by atoms with E-state index in [1.807, 2.05) is 0 Å². The molecule has 2 heteroatoms. The fraction of sp³-hybridized carbons (Fsp3) is 0.154. The van der Waals surface area contributed by atoms with E-state index in [1.165, 1.54) is 110 Å². The van der Waals surface area contributed by atoms with Crippen molar-refractivity contribution < 1.29 is 0 Å². The number of fused-ring (bicyclic) bond motifs is 12. The minimum atomic E-state index is -0.207. The number of nitrogens with zero attached hydrogens (tertiary/aromatic N) is 2. The predicted octanol–water partition coefficient (Wildman–Crippen LogP) is 22.3. The van der Waals surface area contributed by atoms with E-state index < -0.39 is 0 Å². The third-order valence-electron chi connectivity index (χ3n) is 18.0. The molecule has 12 aromatic carbocycles. The van der Waals surface area contributed by atoms with Gasteiger partial charge in [-0.2, -0.15) is 0 Å². The van der Waals surface area contributed by atoms with E-state index >= 15 is 0 Å². The van der Waals surface area contributed by atoms with Gasteiger partial charge in [-0.15, -0.1) is 0 Å². The summed E-state index contributed by atoms with van der Waals surface area (Å²) in [6, 6.07) is 91.5. The van der Waals surface area contributed by atoms with Gasteiger partial charge in [-0.05, 0) is 207 Å². The van der Waals surface area contributed by atoms with E-state index in [4.69, 9.17) is 0 Å². The van der Waals surface area contributed by atoms with Crippen LogP contribution >= 0.6 is 0 Å². The second kappa shape index (κ2) is 18.9. The summed E-state index contributed by atoms with van der Waals surface area (Å²) in [5, 5.41) is 7.87. The van der Waals surface area contributed by atoms with Crippen molar-refractivity contribution in [2.24, 2.45) is 0 Å². The average molecular weight is 1030 g/mol. The monoisotopic (exact) mass is 1030 g/mol. The lowest BCUT2D eigenvalue weighted by Crippen LogP contribution is -2.16. The Morgan fingerprint density at radius 2 is 0.550 bits per heavy atom. The fourth-order valence-corrected chi connectivity index (χ4v) is 13.5. The van der Waals surface area contributed by atoms with Gasteiger partial charge >= 0.3 is 0 Å². The van der Waals surface area contributed by atoms with E-state index in [1.54, 1.807) is 0 Å². The molecule has 2 aliphatic rings. The van der Waals surface area contributed by atoms with Crippen LogP contribution in [-0.4, -0.2) is 0 Å². The molecule has 80 heavy (non-hydrogen) atoms. The van der Waals surface area contributed by atoms with Gasteiger partial charge in [-0.1, -0.05) is 213 Å². The van der Waals surface area contributed by atoms with Crippen LogP contribution in [0.1, 0.15) is 101 Å². The molecular weight excluding hydrogens is 965 g/mol. The quantitative estimate of drug-likeness (QED) is 0.126. The lowest BCUT2D eigenvalue weighted by Gasteiger charge is -2.28. The van der Waals surface area contributed by atoms with Gasteiger partial charge in [-0.25, -0.2) is 0 Å². The highest BCUT2D eigenvalue weighted by molar-refractivity contribution is 6.26. The maximum absolute atomic E-state index is 2.50. The van der Waals surface area contributed by atoms with Crippen LogP contribution < -0.4 is 9.80 Å². The van der Waals surface area contributed by atoms with Gasteiger partial charge in [0.05, 0.1) is 0 Å². The van der Waals surface area contributed by atoms with E-state index in [2.05, 4.69) is 308 Å². The molecule has 2 aliphatic carbocycles. The van der Waals surface area contributed by atoms with Gasteiger partial charge in [0, 0.05) is 45.0 Å². The molecule has 0 amide bonds. The van der Waals surface area contributed by atoms with Crippen LogP contribution in [0.5, 0.6) is 0 Å². The Balaban J connectivity index is 0.770. The molecule has 0 spiro atoms. The molecular formula is C78H66N2. The van der Waals surface area contributed by atoms with Crippen LogP contribution in [0.15, 0.2) is 243 Å². The van der Waals surface area contributed by atoms with Crippen molar-refractivity contribution in [3.8, 4) is 44.5 Å². The molecule has 388 valence electrons. The summed E-state index contributed by atoms with van der Waals surface area (Å²) in [5.41, 5.74) is 24.8. The number of anilines is 6. The van der Waals surface area contributed by atoms with Crippen LogP contribution in [0.3, 0.4) is 0 Å². The highest BCUT2D eigenvalue weighted by Gasteiger charge is 2.38. The minimum Gasteiger partial charge on any atom is -0.310 e. The first-order valence-corrected chi connectivity index (χ1v) is 28.7. The summed E-state index contributed by atoms with van der Waals surface area (Å²) in [6.45, 7) is 18.6. The van der Waals surface area contributed by atoms with Gasteiger partial charge in [0.2, 0.25) is 0 Å². The second-order valence-corrected chi connectivity index (χ2v) is 24.1. The number of hydrogen-bond acceptors (Lipinski definition) is 2. The van der Waals surface area contributed by atoms with Gasteiger partial charge in [-0.3, -0.25) is 0 Å². The van der Waals surface area contributed by atoms with Crippen LogP contribution in [0, 0.1) is 0 Å². The number of hydrogen-bond donors (Lipinski definition) is 0. The lowest BCUT2D eigenvalue weighted by molar-refractivity contribution is 0.660. The summed E-state index contributed by atoms with van der Waals surface area (Å²) in [4.78, 5) is 4.85. The molecule has 0 fully saturated rings. The van der Waals surface area contributed by atoms with E-state index in [-0.39, 0.29) is 10.8 Å². The molecule has 12 aromatic rings.